The number of carbonyl (C=O) groups is 1. The third kappa shape index (κ3) is 2.77. The molecule has 1 aromatic rings. The van der Waals surface area contributed by atoms with E-state index in [4.69, 9.17) is 9.84 Å². The lowest BCUT2D eigenvalue weighted by Gasteiger charge is -2.20. The summed E-state index contributed by atoms with van der Waals surface area (Å²) in [6, 6.07) is 8.07. The van der Waals surface area contributed by atoms with Gasteiger partial charge in [-0.3, -0.25) is 4.90 Å². The second kappa shape index (κ2) is 5.19. The second-order valence-corrected chi connectivity index (χ2v) is 4.36. The van der Waals surface area contributed by atoms with Crippen molar-refractivity contribution in [1.29, 1.82) is 0 Å². The van der Waals surface area contributed by atoms with Gasteiger partial charge in [0, 0.05) is 13.2 Å². The van der Waals surface area contributed by atoms with Crippen molar-refractivity contribution >= 4 is 6.09 Å². The van der Waals surface area contributed by atoms with Crippen molar-refractivity contribution in [3.63, 3.8) is 0 Å². The molecule has 1 heterocycles. The van der Waals surface area contributed by atoms with Gasteiger partial charge < -0.3 is 9.84 Å². The van der Waals surface area contributed by atoms with Gasteiger partial charge in [0.25, 0.3) is 0 Å². The molecule has 1 unspecified atom stereocenters. The molecule has 1 atom stereocenters. The highest BCUT2D eigenvalue weighted by Gasteiger charge is 2.32. The lowest BCUT2D eigenvalue weighted by molar-refractivity contribution is 0.155. The fourth-order valence-corrected chi connectivity index (χ4v) is 1.96. The highest BCUT2D eigenvalue weighted by Crippen LogP contribution is 2.18. The summed E-state index contributed by atoms with van der Waals surface area (Å²) in [6.07, 6.45) is 0.279. The zero-order valence-electron chi connectivity index (χ0n) is 9.93. The first-order chi connectivity index (χ1) is 8.20. The minimum absolute atomic E-state index is 0.00574. The van der Waals surface area contributed by atoms with E-state index in [1.807, 2.05) is 31.2 Å². The van der Waals surface area contributed by atoms with Gasteiger partial charge in [-0.1, -0.05) is 29.8 Å². The van der Waals surface area contributed by atoms with Gasteiger partial charge >= 0.3 is 6.09 Å². The average Bonchev–Trinajstić information content (AvgIpc) is 2.65. The molecule has 92 valence electrons. The Kier molecular flexibility index (Phi) is 3.64. The lowest BCUT2D eigenvalue weighted by atomic mass is 10.1. The Morgan fingerprint density at radius 3 is 2.76 bits per heavy atom. The SMILES string of the molecule is Cc1ccc(CN2C(=O)OCC2CCO)cc1. The minimum Gasteiger partial charge on any atom is -0.447 e. The van der Waals surface area contributed by atoms with Crippen LogP contribution in [0.3, 0.4) is 0 Å². The number of cyclic esters (lactones) is 1. The van der Waals surface area contributed by atoms with Crippen LogP contribution in [0.25, 0.3) is 0 Å². The molecule has 0 saturated carbocycles. The molecule has 1 N–H and O–H groups in total. The second-order valence-electron chi connectivity index (χ2n) is 4.36. The summed E-state index contributed by atoms with van der Waals surface area (Å²) in [5.74, 6) is 0. The number of benzene rings is 1. The molecule has 2 rings (SSSR count). The highest BCUT2D eigenvalue weighted by atomic mass is 16.6. The van der Waals surface area contributed by atoms with E-state index in [0.717, 1.165) is 5.56 Å². The molecule has 0 radical (unpaired) electrons. The Balaban J connectivity index is 2.05. The monoisotopic (exact) mass is 235 g/mol. The van der Waals surface area contributed by atoms with E-state index in [9.17, 15) is 4.79 Å². The number of aliphatic hydroxyl groups excluding tert-OH is 1. The topological polar surface area (TPSA) is 49.8 Å². The summed E-state index contributed by atoms with van der Waals surface area (Å²) in [5, 5.41) is 8.94. The van der Waals surface area contributed by atoms with Crippen molar-refractivity contribution in [3.8, 4) is 0 Å². The number of amides is 1. The van der Waals surface area contributed by atoms with Gasteiger partial charge in [-0.15, -0.1) is 0 Å². The summed E-state index contributed by atoms with van der Waals surface area (Å²) >= 11 is 0. The van der Waals surface area contributed by atoms with E-state index in [-0.39, 0.29) is 18.7 Å². The van der Waals surface area contributed by atoms with Crippen molar-refractivity contribution in [2.45, 2.75) is 25.9 Å². The van der Waals surface area contributed by atoms with Crippen molar-refractivity contribution in [2.75, 3.05) is 13.2 Å². The number of ether oxygens (including phenoxy) is 1. The summed E-state index contributed by atoms with van der Waals surface area (Å²) in [6.45, 7) is 3.03. The number of hydrogen-bond acceptors (Lipinski definition) is 3. The molecule has 1 fully saturated rings. The third-order valence-electron chi connectivity index (χ3n) is 3.01. The molecule has 0 spiro atoms. The fourth-order valence-electron chi connectivity index (χ4n) is 1.96. The number of aliphatic hydroxyl groups is 1. The van der Waals surface area contributed by atoms with Gasteiger partial charge in [0.2, 0.25) is 0 Å². The van der Waals surface area contributed by atoms with Crippen LogP contribution in [0, 0.1) is 6.92 Å². The maximum Gasteiger partial charge on any atom is 0.410 e. The van der Waals surface area contributed by atoms with E-state index in [2.05, 4.69) is 0 Å². The summed E-state index contributed by atoms with van der Waals surface area (Å²) < 4.78 is 5.00. The molecule has 1 aliphatic heterocycles. The van der Waals surface area contributed by atoms with E-state index in [0.29, 0.717) is 19.6 Å². The van der Waals surface area contributed by atoms with Crippen LogP contribution in [0.15, 0.2) is 24.3 Å². The van der Waals surface area contributed by atoms with Gasteiger partial charge in [-0.2, -0.15) is 0 Å². The molecule has 1 aromatic carbocycles. The zero-order chi connectivity index (χ0) is 12.3. The molecule has 4 nitrogen and oxygen atoms in total. The number of nitrogens with zero attached hydrogens (tertiary/aromatic N) is 1. The molecular formula is C13H17NO3. The van der Waals surface area contributed by atoms with Crippen molar-refractivity contribution in [2.24, 2.45) is 0 Å². The Morgan fingerprint density at radius 1 is 1.41 bits per heavy atom. The Hall–Kier alpha value is -1.55. The number of carbonyl (C=O) groups excluding carboxylic acids is 1. The third-order valence-corrected chi connectivity index (χ3v) is 3.01. The molecule has 0 aromatic heterocycles. The van der Waals surface area contributed by atoms with Crippen LogP contribution in [0.5, 0.6) is 0 Å². The molecule has 4 heteroatoms. The van der Waals surface area contributed by atoms with E-state index >= 15 is 0 Å². The first-order valence-corrected chi connectivity index (χ1v) is 5.80. The predicted octanol–water partition coefficient (Wildman–Crippen LogP) is 1.70. The summed E-state index contributed by atoms with van der Waals surface area (Å²) in [5.41, 5.74) is 2.28. The summed E-state index contributed by atoms with van der Waals surface area (Å²) in [7, 11) is 0. The first-order valence-electron chi connectivity index (χ1n) is 5.80. The molecule has 17 heavy (non-hydrogen) atoms. The van der Waals surface area contributed by atoms with E-state index < -0.39 is 0 Å². The summed E-state index contributed by atoms with van der Waals surface area (Å²) in [4.78, 5) is 13.2. The van der Waals surface area contributed by atoms with Gasteiger partial charge in [-0.25, -0.2) is 4.79 Å². The quantitative estimate of drug-likeness (QED) is 0.864. The van der Waals surface area contributed by atoms with E-state index in [1.54, 1.807) is 4.90 Å². The van der Waals surface area contributed by atoms with Crippen LogP contribution in [0.1, 0.15) is 17.5 Å². The number of hydrogen-bond donors (Lipinski definition) is 1. The number of rotatable bonds is 4. The zero-order valence-corrected chi connectivity index (χ0v) is 9.93. The van der Waals surface area contributed by atoms with E-state index in [1.165, 1.54) is 5.56 Å². The van der Waals surface area contributed by atoms with Gasteiger partial charge in [0.1, 0.15) is 6.61 Å². The lowest BCUT2D eigenvalue weighted by Crippen LogP contribution is -2.33. The van der Waals surface area contributed by atoms with Crippen LogP contribution >= 0.6 is 0 Å². The maximum atomic E-state index is 11.6. The smallest absolute Gasteiger partial charge is 0.410 e. The Bertz CT molecular complexity index is 388. The molecule has 1 aliphatic rings. The van der Waals surface area contributed by atoms with Gasteiger partial charge in [-0.05, 0) is 18.9 Å². The van der Waals surface area contributed by atoms with Crippen molar-refractivity contribution in [1.82, 2.24) is 4.90 Å². The van der Waals surface area contributed by atoms with Crippen LogP contribution in [0.2, 0.25) is 0 Å². The van der Waals surface area contributed by atoms with Gasteiger partial charge in [0.05, 0.1) is 6.04 Å². The van der Waals surface area contributed by atoms with Crippen LogP contribution in [0.4, 0.5) is 4.79 Å². The average molecular weight is 235 g/mol. The fraction of sp³-hybridized carbons (Fsp3) is 0.462. The van der Waals surface area contributed by atoms with Crippen molar-refractivity contribution < 1.29 is 14.6 Å². The standard InChI is InChI=1S/C13H17NO3/c1-10-2-4-11(5-3-10)8-14-12(6-7-15)9-17-13(14)16/h2-5,12,15H,6-9H2,1H3. The molecule has 1 saturated heterocycles. The van der Waals surface area contributed by atoms with Crippen molar-refractivity contribution in [3.05, 3.63) is 35.4 Å². The highest BCUT2D eigenvalue weighted by molar-refractivity contribution is 5.70. The normalized spacial score (nSPS) is 19.5. The van der Waals surface area contributed by atoms with Gasteiger partial charge in [0.15, 0.2) is 0 Å². The number of aryl methyl sites for hydroxylation is 1. The van der Waals surface area contributed by atoms with Crippen LogP contribution < -0.4 is 0 Å². The molecular weight excluding hydrogens is 218 g/mol. The molecule has 1 amide bonds. The van der Waals surface area contributed by atoms with Crippen LogP contribution in [-0.2, 0) is 11.3 Å². The molecule has 0 bridgehead atoms. The first kappa shape index (κ1) is 11.9. The Labute approximate surface area is 101 Å². The minimum atomic E-state index is -0.288. The maximum absolute atomic E-state index is 11.6. The largest absolute Gasteiger partial charge is 0.447 e. The molecule has 0 aliphatic carbocycles. The van der Waals surface area contributed by atoms with Crippen LogP contribution in [-0.4, -0.2) is 35.4 Å². The predicted molar refractivity (Wildman–Crippen MR) is 63.6 cm³/mol. The Morgan fingerprint density at radius 2 is 2.12 bits per heavy atom.